The van der Waals surface area contributed by atoms with Gasteiger partial charge in [-0.1, -0.05) is 6.07 Å². The fourth-order valence-electron chi connectivity index (χ4n) is 4.60. The van der Waals surface area contributed by atoms with Gasteiger partial charge in [0, 0.05) is 50.0 Å². The predicted octanol–water partition coefficient (Wildman–Crippen LogP) is 2.54. The Morgan fingerprint density at radius 1 is 1.21 bits per heavy atom. The van der Waals surface area contributed by atoms with Gasteiger partial charge in [-0.2, -0.15) is 5.10 Å². The van der Waals surface area contributed by atoms with Crippen molar-refractivity contribution in [2.45, 2.75) is 45.1 Å². The average Bonchev–Trinajstić information content (AvgIpc) is 3.17. The van der Waals surface area contributed by atoms with Crippen LogP contribution in [-0.2, 0) is 24.2 Å². The number of carbonyl (C=O) groups is 1. The monoisotopic (exact) mass is 390 g/mol. The average molecular weight is 390 g/mol. The lowest BCUT2D eigenvalue weighted by Gasteiger charge is -2.33. The molecule has 1 saturated heterocycles. The van der Waals surface area contributed by atoms with E-state index in [-0.39, 0.29) is 11.8 Å². The van der Waals surface area contributed by atoms with Crippen molar-refractivity contribution in [3.05, 3.63) is 53.7 Å². The van der Waals surface area contributed by atoms with Gasteiger partial charge in [-0.3, -0.25) is 9.78 Å². The van der Waals surface area contributed by atoms with E-state index in [2.05, 4.69) is 15.2 Å². The van der Waals surface area contributed by atoms with Crippen molar-refractivity contribution < 1.29 is 4.79 Å². The highest BCUT2D eigenvalue weighted by Gasteiger charge is 2.29. The van der Waals surface area contributed by atoms with Crippen LogP contribution in [0.25, 0.3) is 5.52 Å². The van der Waals surface area contributed by atoms with Gasteiger partial charge in [-0.25, -0.2) is 9.50 Å². The minimum atomic E-state index is -0.0266. The number of pyridine rings is 1. The van der Waals surface area contributed by atoms with Crippen LogP contribution in [0.3, 0.4) is 0 Å². The normalized spacial score (nSPS) is 19.2. The maximum atomic E-state index is 12.8. The first-order valence-electron chi connectivity index (χ1n) is 10.6. The molecule has 0 bridgehead atoms. The van der Waals surface area contributed by atoms with Gasteiger partial charge in [0.05, 0.1) is 11.6 Å². The highest BCUT2D eigenvalue weighted by Crippen LogP contribution is 2.32. The number of amides is 1. The summed E-state index contributed by atoms with van der Waals surface area (Å²) >= 11 is 0. The topological polar surface area (TPSA) is 75.4 Å². The molecule has 1 N–H and O–H groups in total. The first-order valence-corrected chi connectivity index (χ1v) is 10.6. The van der Waals surface area contributed by atoms with Crippen LogP contribution in [0.4, 0.5) is 5.82 Å². The molecule has 7 heteroatoms. The molecular formula is C22H26N6O. The molecule has 1 amide bonds. The molecule has 0 spiro atoms. The molecule has 1 aliphatic heterocycles. The van der Waals surface area contributed by atoms with Gasteiger partial charge in [-0.05, 0) is 50.2 Å². The number of nitrogens with zero attached hydrogens (tertiary/aromatic N) is 5. The highest BCUT2D eigenvalue weighted by atomic mass is 16.1. The maximum absolute atomic E-state index is 12.8. The first-order chi connectivity index (χ1) is 14.3. The van der Waals surface area contributed by atoms with E-state index in [1.807, 2.05) is 29.0 Å². The van der Waals surface area contributed by atoms with Crippen molar-refractivity contribution in [3.63, 3.8) is 0 Å². The van der Waals surface area contributed by atoms with Gasteiger partial charge in [0.15, 0.2) is 5.82 Å². The molecular weight excluding hydrogens is 364 g/mol. The lowest BCUT2D eigenvalue weighted by Crippen LogP contribution is -2.43. The summed E-state index contributed by atoms with van der Waals surface area (Å²) in [5.41, 5.74) is 4.72. The number of nitrogens with one attached hydrogen (secondary N) is 1. The third-order valence-corrected chi connectivity index (χ3v) is 6.08. The summed E-state index contributed by atoms with van der Waals surface area (Å²) in [6.45, 7) is 2.15. The zero-order valence-corrected chi connectivity index (χ0v) is 16.5. The molecule has 150 valence electrons. The third-order valence-electron chi connectivity index (χ3n) is 6.08. The summed E-state index contributed by atoms with van der Waals surface area (Å²) in [5.74, 6) is 1.06. The maximum Gasteiger partial charge on any atom is 0.225 e. The lowest BCUT2D eigenvalue weighted by molar-refractivity contribution is -0.125. The molecule has 1 fully saturated rings. The summed E-state index contributed by atoms with van der Waals surface area (Å²) in [6.07, 6.45) is 13.8. The molecule has 0 radical (unpaired) electrons. The molecule has 29 heavy (non-hydrogen) atoms. The van der Waals surface area contributed by atoms with E-state index in [1.54, 1.807) is 12.4 Å². The van der Waals surface area contributed by atoms with Crippen LogP contribution in [0.15, 0.2) is 36.9 Å². The van der Waals surface area contributed by atoms with E-state index in [0.29, 0.717) is 13.1 Å². The Bertz CT molecular complexity index is 1010. The Balaban J connectivity index is 1.34. The Morgan fingerprint density at radius 3 is 3.03 bits per heavy atom. The highest BCUT2D eigenvalue weighted by molar-refractivity contribution is 5.80. The van der Waals surface area contributed by atoms with E-state index in [4.69, 9.17) is 10.1 Å². The van der Waals surface area contributed by atoms with Crippen molar-refractivity contribution >= 4 is 17.2 Å². The zero-order valence-electron chi connectivity index (χ0n) is 16.5. The smallest absolute Gasteiger partial charge is 0.225 e. The molecule has 0 saturated carbocycles. The molecule has 1 atom stereocenters. The van der Waals surface area contributed by atoms with Crippen LogP contribution in [0, 0.1) is 5.92 Å². The van der Waals surface area contributed by atoms with E-state index < -0.39 is 0 Å². The quantitative estimate of drug-likeness (QED) is 0.741. The number of aromatic nitrogens is 4. The number of piperidine rings is 1. The second-order valence-corrected chi connectivity index (χ2v) is 8.04. The van der Waals surface area contributed by atoms with Gasteiger partial charge in [-0.15, -0.1) is 0 Å². The minimum Gasteiger partial charge on any atom is -0.354 e. The second kappa shape index (κ2) is 7.81. The van der Waals surface area contributed by atoms with Gasteiger partial charge in [0.1, 0.15) is 5.52 Å². The second-order valence-electron chi connectivity index (χ2n) is 8.04. The molecule has 7 nitrogen and oxygen atoms in total. The molecule has 0 aromatic carbocycles. The third kappa shape index (κ3) is 3.57. The van der Waals surface area contributed by atoms with Gasteiger partial charge in [0.25, 0.3) is 0 Å². The summed E-state index contributed by atoms with van der Waals surface area (Å²) in [7, 11) is 0. The first kappa shape index (κ1) is 18.1. The Hall–Kier alpha value is -2.96. The summed E-state index contributed by atoms with van der Waals surface area (Å²) in [5, 5.41) is 7.87. The van der Waals surface area contributed by atoms with E-state index in [0.717, 1.165) is 49.1 Å². The largest absolute Gasteiger partial charge is 0.354 e. The fourth-order valence-corrected chi connectivity index (χ4v) is 4.60. The van der Waals surface area contributed by atoms with Crippen LogP contribution < -0.4 is 10.2 Å². The molecule has 1 aliphatic carbocycles. The van der Waals surface area contributed by atoms with Crippen LogP contribution in [0.1, 0.15) is 42.5 Å². The van der Waals surface area contributed by atoms with Crippen LogP contribution in [0.5, 0.6) is 0 Å². The Kier molecular flexibility index (Phi) is 4.87. The number of carbonyl (C=O) groups excluding carboxylic acids is 1. The van der Waals surface area contributed by atoms with Crippen molar-refractivity contribution in [2.75, 3.05) is 18.0 Å². The molecule has 3 aromatic heterocycles. The van der Waals surface area contributed by atoms with Gasteiger partial charge >= 0.3 is 0 Å². The zero-order chi connectivity index (χ0) is 19.6. The van der Waals surface area contributed by atoms with Crippen molar-refractivity contribution in [1.82, 2.24) is 24.9 Å². The van der Waals surface area contributed by atoms with E-state index in [9.17, 15) is 4.79 Å². The van der Waals surface area contributed by atoms with Crippen LogP contribution >= 0.6 is 0 Å². The Morgan fingerprint density at radius 2 is 2.14 bits per heavy atom. The van der Waals surface area contributed by atoms with Crippen LogP contribution in [0.2, 0.25) is 0 Å². The predicted molar refractivity (Wildman–Crippen MR) is 111 cm³/mol. The standard InChI is InChI=1S/C22H26N6O/c29-22(25-14-16-5-3-9-23-13-16)17-6-4-11-27(15-17)21-20-18-7-1-2-8-19(18)26-28(20)12-10-24-21/h3,5,9-10,12-13,17H,1-2,4,6-8,11,14-15H2,(H,25,29). The molecule has 2 aliphatic rings. The number of fused-ring (bicyclic) bond motifs is 3. The molecule has 3 aromatic rings. The lowest BCUT2D eigenvalue weighted by atomic mass is 9.95. The molecule has 5 rings (SSSR count). The van der Waals surface area contributed by atoms with Crippen LogP contribution in [-0.4, -0.2) is 38.6 Å². The number of hydrogen-bond donors (Lipinski definition) is 1. The fraction of sp³-hybridized carbons (Fsp3) is 0.455. The van der Waals surface area contributed by atoms with E-state index >= 15 is 0 Å². The summed E-state index contributed by atoms with van der Waals surface area (Å²) < 4.78 is 1.99. The number of aryl methyl sites for hydroxylation is 2. The number of anilines is 1. The van der Waals surface area contributed by atoms with E-state index in [1.165, 1.54) is 24.1 Å². The number of hydrogen-bond acceptors (Lipinski definition) is 5. The summed E-state index contributed by atoms with van der Waals surface area (Å²) in [4.78, 5) is 23.9. The van der Waals surface area contributed by atoms with Gasteiger partial charge < -0.3 is 10.2 Å². The molecule has 1 unspecified atom stereocenters. The molecule has 4 heterocycles. The minimum absolute atomic E-state index is 0.0266. The van der Waals surface area contributed by atoms with Crippen molar-refractivity contribution in [3.8, 4) is 0 Å². The van der Waals surface area contributed by atoms with Crippen molar-refractivity contribution in [2.24, 2.45) is 5.92 Å². The van der Waals surface area contributed by atoms with Gasteiger partial charge in [0.2, 0.25) is 5.91 Å². The Labute approximate surface area is 170 Å². The SMILES string of the molecule is O=C(NCc1cccnc1)C1CCCN(c2nccn3nc4c(c23)CCCC4)C1. The summed E-state index contributed by atoms with van der Waals surface area (Å²) in [6, 6.07) is 3.87. The van der Waals surface area contributed by atoms with Crippen molar-refractivity contribution in [1.29, 1.82) is 0 Å². The number of rotatable bonds is 4.